The number of Topliss-reactive ketones (excluding diaryl/α,β-unsaturated/α-hetero) is 1. The van der Waals surface area contributed by atoms with Crippen molar-refractivity contribution in [1.29, 1.82) is 0 Å². The molecule has 3 rings (SSSR count). The second-order valence-electron chi connectivity index (χ2n) is 6.40. The molecular weight excluding hydrogens is 306 g/mol. The molecule has 0 saturated carbocycles. The van der Waals surface area contributed by atoms with Gasteiger partial charge in [0.25, 0.3) is 5.91 Å². The van der Waals surface area contributed by atoms with Gasteiger partial charge in [-0.25, -0.2) is 0 Å². The van der Waals surface area contributed by atoms with Gasteiger partial charge in [-0.3, -0.25) is 14.3 Å². The van der Waals surface area contributed by atoms with Crippen LogP contribution in [-0.4, -0.2) is 39.0 Å². The van der Waals surface area contributed by atoms with Crippen molar-refractivity contribution in [2.45, 2.75) is 45.6 Å². The number of carbonyl (C=O) groups excluding carboxylic acids is 2. The van der Waals surface area contributed by atoms with Gasteiger partial charge in [-0.1, -0.05) is 6.92 Å². The van der Waals surface area contributed by atoms with E-state index in [2.05, 4.69) is 5.10 Å². The number of carbonyl (C=O) groups is 2. The zero-order valence-electron chi connectivity index (χ0n) is 14.4. The summed E-state index contributed by atoms with van der Waals surface area (Å²) >= 11 is 0. The van der Waals surface area contributed by atoms with Crippen molar-refractivity contribution in [3.05, 3.63) is 41.1 Å². The van der Waals surface area contributed by atoms with Gasteiger partial charge in [0.05, 0.1) is 11.8 Å². The maximum Gasteiger partial charge on any atom is 0.290 e. The molecule has 3 heterocycles. The van der Waals surface area contributed by atoms with Gasteiger partial charge < -0.3 is 9.32 Å². The average molecular weight is 329 g/mol. The molecule has 128 valence electrons. The van der Waals surface area contributed by atoms with Crippen LogP contribution in [0.15, 0.2) is 22.9 Å². The molecule has 6 heteroatoms. The second-order valence-corrected chi connectivity index (χ2v) is 6.40. The highest BCUT2D eigenvalue weighted by molar-refractivity contribution is 5.97. The molecule has 6 nitrogen and oxygen atoms in total. The SMILES string of the molecule is CCc1cc(C)c(C(=O)N2CCC[C@@H]2CC(=O)c2cnn(C)c2)o1. The van der Waals surface area contributed by atoms with Crippen LogP contribution in [0.2, 0.25) is 0 Å². The highest BCUT2D eigenvalue weighted by Gasteiger charge is 2.33. The van der Waals surface area contributed by atoms with Crippen LogP contribution in [0.25, 0.3) is 0 Å². The molecule has 0 bridgehead atoms. The number of hydrogen-bond donors (Lipinski definition) is 0. The van der Waals surface area contributed by atoms with Crippen molar-refractivity contribution in [2.75, 3.05) is 6.54 Å². The topological polar surface area (TPSA) is 68.3 Å². The van der Waals surface area contributed by atoms with Gasteiger partial charge in [-0.2, -0.15) is 5.10 Å². The van der Waals surface area contributed by atoms with Gasteiger partial charge in [0.2, 0.25) is 0 Å². The summed E-state index contributed by atoms with van der Waals surface area (Å²) in [6.45, 7) is 4.56. The van der Waals surface area contributed by atoms with Gasteiger partial charge in [0.15, 0.2) is 11.5 Å². The number of ketones is 1. The van der Waals surface area contributed by atoms with Crippen LogP contribution in [0, 0.1) is 6.92 Å². The molecule has 0 radical (unpaired) electrons. The van der Waals surface area contributed by atoms with Crippen LogP contribution in [0.5, 0.6) is 0 Å². The van der Waals surface area contributed by atoms with Crippen LogP contribution in [0.1, 0.15) is 58.4 Å². The standard InChI is InChI=1S/C18H23N3O3/c1-4-15-8-12(2)17(24-15)18(23)21-7-5-6-14(21)9-16(22)13-10-19-20(3)11-13/h8,10-11,14H,4-7,9H2,1-3H3/t14-/m1/s1. The van der Waals surface area contributed by atoms with Crippen molar-refractivity contribution in [3.8, 4) is 0 Å². The summed E-state index contributed by atoms with van der Waals surface area (Å²) in [5, 5.41) is 4.04. The van der Waals surface area contributed by atoms with E-state index in [0.29, 0.717) is 24.3 Å². The number of amides is 1. The Balaban J connectivity index is 1.74. The summed E-state index contributed by atoms with van der Waals surface area (Å²) in [5.74, 6) is 1.15. The lowest BCUT2D eigenvalue weighted by Gasteiger charge is -2.23. The Labute approximate surface area is 141 Å². The van der Waals surface area contributed by atoms with Gasteiger partial charge in [0, 0.05) is 44.2 Å². The van der Waals surface area contributed by atoms with E-state index >= 15 is 0 Å². The first-order valence-electron chi connectivity index (χ1n) is 8.41. The van der Waals surface area contributed by atoms with Gasteiger partial charge in [-0.15, -0.1) is 0 Å². The Morgan fingerprint density at radius 3 is 2.83 bits per heavy atom. The van der Waals surface area contributed by atoms with E-state index in [1.165, 1.54) is 0 Å². The van der Waals surface area contributed by atoms with Crippen LogP contribution in [-0.2, 0) is 13.5 Å². The number of nitrogens with zero attached hydrogens (tertiary/aromatic N) is 3. The van der Waals surface area contributed by atoms with Crippen molar-refractivity contribution >= 4 is 11.7 Å². The first-order chi connectivity index (χ1) is 11.5. The minimum absolute atomic E-state index is 0.0261. The molecule has 1 aliphatic heterocycles. The fourth-order valence-corrected chi connectivity index (χ4v) is 3.28. The average Bonchev–Trinajstić information content (AvgIpc) is 3.26. The van der Waals surface area contributed by atoms with E-state index in [-0.39, 0.29) is 17.7 Å². The van der Waals surface area contributed by atoms with Crippen LogP contribution in [0.3, 0.4) is 0 Å². The minimum atomic E-state index is -0.103. The first kappa shape index (κ1) is 16.5. The van der Waals surface area contributed by atoms with Crippen molar-refractivity contribution in [1.82, 2.24) is 14.7 Å². The molecule has 2 aromatic heterocycles. The quantitative estimate of drug-likeness (QED) is 0.791. The fourth-order valence-electron chi connectivity index (χ4n) is 3.28. The number of likely N-dealkylation sites (tertiary alicyclic amines) is 1. The number of aromatic nitrogens is 2. The van der Waals surface area contributed by atoms with Gasteiger partial charge in [0.1, 0.15) is 5.76 Å². The van der Waals surface area contributed by atoms with E-state index in [1.807, 2.05) is 19.9 Å². The van der Waals surface area contributed by atoms with Crippen molar-refractivity contribution in [3.63, 3.8) is 0 Å². The Hall–Kier alpha value is -2.37. The third-order valence-corrected chi connectivity index (χ3v) is 4.60. The van der Waals surface area contributed by atoms with Gasteiger partial charge >= 0.3 is 0 Å². The highest BCUT2D eigenvalue weighted by atomic mass is 16.4. The van der Waals surface area contributed by atoms with Crippen molar-refractivity contribution < 1.29 is 14.0 Å². The molecule has 2 aromatic rings. The van der Waals surface area contributed by atoms with Crippen LogP contribution < -0.4 is 0 Å². The number of aryl methyl sites for hydroxylation is 3. The lowest BCUT2D eigenvalue weighted by Crippen LogP contribution is -2.37. The zero-order chi connectivity index (χ0) is 17.3. The van der Waals surface area contributed by atoms with E-state index in [9.17, 15) is 9.59 Å². The van der Waals surface area contributed by atoms with Gasteiger partial charge in [-0.05, 0) is 25.8 Å². The maximum absolute atomic E-state index is 12.8. The summed E-state index contributed by atoms with van der Waals surface area (Å²) in [7, 11) is 1.78. The monoisotopic (exact) mass is 329 g/mol. The molecule has 0 N–H and O–H groups in total. The second kappa shape index (κ2) is 6.63. The Bertz CT molecular complexity index is 759. The number of hydrogen-bond acceptors (Lipinski definition) is 4. The predicted molar refractivity (Wildman–Crippen MR) is 89.0 cm³/mol. The molecule has 1 aliphatic rings. The summed E-state index contributed by atoms with van der Waals surface area (Å²) in [6, 6.07) is 1.85. The summed E-state index contributed by atoms with van der Waals surface area (Å²) in [5.41, 5.74) is 1.46. The van der Waals surface area contributed by atoms with E-state index in [0.717, 1.165) is 30.6 Å². The molecule has 0 unspecified atom stereocenters. The minimum Gasteiger partial charge on any atom is -0.456 e. The molecule has 0 aliphatic carbocycles. The first-order valence-corrected chi connectivity index (χ1v) is 8.41. The summed E-state index contributed by atoms with van der Waals surface area (Å²) in [4.78, 5) is 27.0. The molecule has 1 atom stereocenters. The molecule has 1 amide bonds. The van der Waals surface area contributed by atoms with Crippen LogP contribution in [0.4, 0.5) is 0 Å². The van der Waals surface area contributed by atoms with E-state index in [4.69, 9.17) is 4.42 Å². The largest absolute Gasteiger partial charge is 0.456 e. The summed E-state index contributed by atoms with van der Waals surface area (Å²) in [6.07, 6.45) is 6.14. The lowest BCUT2D eigenvalue weighted by molar-refractivity contribution is 0.0684. The van der Waals surface area contributed by atoms with Crippen LogP contribution >= 0.6 is 0 Å². The van der Waals surface area contributed by atoms with E-state index < -0.39 is 0 Å². The molecule has 24 heavy (non-hydrogen) atoms. The smallest absolute Gasteiger partial charge is 0.290 e. The molecular formula is C18H23N3O3. The fraction of sp³-hybridized carbons (Fsp3) is 0.500. The Morgan fingerprint density at radius 1 is 1.42 bits per heavy atom. The third-order valence-electron chi connectivity index (χ3n) is 4.60. The Morgan fingerprint density at radius 2 is 2.21 bits per heavy atom. The highest BCUT2D eigenvalue weighted by Crippen LogP contribution is 2.26. The van der Waals surface area contributed by atoms with Crippen molar-refractivity contribution in [2.24, 2.45) is 7.05 Å². The number of rotatable bonds is 5. The Kier molecular flexibility index (Phi) is 4.55. The third kappa shape index (κ3) is 3.13. The maximum atomic E-state index is 12.8. The predicted octanol–water partition coefficient (Wildman–Crippen LogP) is 2.76. The molecule has 0 spiro atoms. The lowest BCUT2D eigenvalue weighted by atomic mass is 10.0. The number of furan rings is 1. The van der Waals surface area contributed by atoms with E-state index in [1.54, 1.807) is 29.0 Å². The zero-order valence-corrected chi connectivity index (χ0v) is 14.4. The summed E-state index contributed by atoms with van der Waals surface area (Å²) < 4.78 is 7.30. The molecule has 1 fully saturated rings. The normalized spacial score (nSPS) is 17.5. The molecule has 0 aromatic carbocycles. The molecule has 1 saturated heterocycles.